The van der Waals surface area contributed by atoms with Gasteiger partial charge in [-0.3, -0.25) is 4.79 Å². The van der Waals surface area contributed by atoms with Crippen LogP contribution in [-0.2, 0) is 9.53 Å². The molecular formula is C13H15FN2O3. The lowest BCUT2D eigenvalue weighted by molar-refractivity contribution is -0.117. The van der Waals surface area contributed by atoms with Crippen LogP contribution in [0.1, 0.15) is 16.8 Å². The van der Waals surface area contributed by atoms with E-state index < -0.39 is 23.7 Å². The van der Waals surface area contributed by atoms with Gasteiger partial charge >= 0.3 is 5.97 Å². The van der Waals surface area contributed by atoms with Crippen LogP contribution in [0.4, 0.5) is 10.1 Å². The maximum atomic E-state index is 13.4. The van der Waals surface area contributed by atoms with Crippen molar-refractivity contribution in [1.82, 2.24) is 0 Å². The molecule has 1 aromatic rings. The van der Waals surface area contributed by atoms with Gasteiger partial charge < -0.3 is 15.8 Å². The highest BCUT2D eigenvalue weighted by Gasteiger charge is 2.16. The highest BCUT2D eigenvalue weighted by Crippen LogP contribution is 2.16. The number of hydrogen-bond acceptors (Lipinski definition) is 4. The molecule has 0 saturated carbocycles. The zero-order valence-corrected chi connectivity index (χ0v) is 10.5. The summed E-state index contributed by atoms with van der Waals surface area (Å²) in [6.07, 6.45) is 1.84. The normalized spacial score (nSPS) is 11.5. The summed E-state index contributed by atoms with van der Waals surface area (Å²) >= 11 is 0. The molecule has 5 nitrogen and oxygen atoms in total. The SMILES string of the molecule is C=CCC(N)C(=O)Nc1ccc(F)c(C(=O)OC)c1. The third-order valence-electron chi connectivity index (χ3n) is 2.40. The van der Waals surface area contributed by atoms with Crippen molar-refractivity contribution in [2.24, 2.45) is 5.73 Å². The van der Waals surface area contributed by atoms with Crippen LogP contribution in [0.2, 0.25) is 0 Å². The van der Waals surface area contributed by atoms with Gasteiger partial charge in [0.15, 0.2) is 0 Å². The highest BCUT2D eigenvalue weighted by molar-refractivity contribution is 5.97. The number of halogens is 1. The molecule has 19 heavy (non-hydrogen) atoms. The lowest BCUT2D eigenvalue weighted by Gasteiger charge is -2.11. The third kappa shape index (κ3) is 3.89. The Kier molecular flexibility index (Phi) is 5.20. The summed E-state index contributed by atoms with van der Waals surface area (Å²) in [6.45, 7) is 3.48. The van der Waals surface area contributed by atoms with Gasteiger partial charge in [0.2, 0.25) is 5.91 Å². The average Bonchev–Trinajstić information content (AvgIpc) is 2.40. The molecule has 0 aliphatic rings. The Balaban J connectivity index is 2.88. The van der Waals surface area contributed by atoms with Crippen molar-refractivity contribution in [2.45, 2.75) is 12.5 Å². The molecular weight excluding hydrogens is 251 g/mol. The first-order chi connectivity index (χ1) is 8.99. The van der Waals surface area contributed by atoms with E-state index in [1.807, 2.05) is 0 Å². The summed E-state index contributed by atoms with van der Waals surface area (Å²) in [5.41, 5.74) is 5.60. The first-order valence-corrected chi connectivity index (χ1v) is 5.54. The van der Waals surface area contributed by atoms with Crippen LogP contribution >= 0.6 is 0 Å². The summed E-state index contributed by atoms with van der Waals surface area (Å²) < 4.78 is 17.8. The van der Waals surface area contributed by atoms with Crippen LogP contribution in [0.3, 0.4) is 0 Å². The molecule has 1 amide bonds. The zero-order valence-electron chi connectivity index (χ0n) is 10.5. The Labute approximate surface area is 110 Å². The fraction of sp³-hybridized carbons (Fsp3) is 0.231. The van der Waals surface area contributed by atoms with E-state index in [0.717, 1.165) is 13.2 Å². The van der Waals surface area contributed by atoms with Gasteiger partial charge in [0.25, 0.3) is 0 Å². The predicted molar refractivity (Wildman–Crippen MR) is 69.2 cm³/mol. The second-order valence-corrected chi connectivity index (χ2v) is 3.81. The fourth-order valence-corrected chi connectivity index (χ4v) is 1.39. The van der Waals surface area contributed by atoms with E-state index >= 15 is 0 Å². The van der Waals surface area contributed by atoms with E-state index in [4.69, 9.17) is 5.73 Å². The summed E-state index contributed by atoms with van der Waals surface area (Å²) in [7, 11) is 1.15. The molecule has 0 spiro atoms. The number of esters is 1. The summed E-state index contributed by atoms with van der Waals surface area (Å²) in [6, 6.07) is 2.85. The lowest BCUT2D eigenvalue weighted by Crippen LogP contribution is -2.35. The molecule has 1 atom stereocenters. The van der Waals surface area contributed by atoms with Crippen LogP contribution in [0.5, 0.6) is 0 Å². The average molecular weight is 266 g/mol. The molecule has 0 fully saturated rings. The molecule has 0 aromatic heterocycles. The number of rotatable bonds is 5. The number of hydrogen-bond donors (Lipinski definition) is 2. The van der Waals surface area contributed by atoms with Crippen molar-refractivity contribution in [2.75, 3.05) is 12.4 Å². The van der Waals surface area contributed by atoms with Crippen molar-refractivity contribution in [3.05, 3.63) is 42.2 Å². The molecule has 0 aliphatic carbocycles. The van der Waals surface area contributed by atoms with Gasteiger partial charge in [-0.25, -0.2) is 9.18 Å². The van der Waals surface area contributed by atoms with Crippen molar-refractivity contribution < 1.29 is 18.7 Å². The predicted octanol–water partition coefficient (Wildman–Crippen LogP) is 1.45. The van der Waals surface area contributed by atoms with Crippen LogP contribution in [-0.4, -0.2) is 25.0 Å². The van der Waals surface area contributed by atoms with Crippen molar-refractivity contribution >= 4 is 17.6 Å². The minimum atomic E-state index is -0.816. The maximum absolute atomic E-state index is 13.4. The van der Waals surface area contributed by atoms with Gasteiger partial charge in [-0.15, -0.1) is 6.58 Å². The topological polar surface area (TPSA) is 81.4 Å². The minimum Gasteiger partial charge on any atom is -0.465 e. The van der Waals surface area contributed by atoms with E-state index in [2.05, 4.69) is 16.6 Å². The summed E-state index contributed by atoms with van der Waals surface area (Å²) in [5, 5.41) is 2.49. The molecule has 0 heterocycles. The van der Waals surface area contributed by atoms with Crippen molar-refractivity contribution in [3.8, 4) is 0 Å². The van der Waals surface area contributed by atoms with E-state index in [1.165, 1.54) is 18.2 Å². The minimum absolute atomic E-state index is 0.252. The van der Waals surface area contributed by atoms with Crippen LogP contribution < -0.4 is 11.1 Å². The number of anilines is 1. The molecule has 102 valence electrons. The quantitative estimate of drug-likeness (QED) is 0.624. The van der Waals surface area contributed by atoms with Crippen LogP contribution in [0, 0.1) is 5.82 Å². The van der Waals surface area contributed by atoms with Crippen LogP contribution in [0.15, 0.2) is 30.9 Å². The highest BCUT2D eigenvalue weighted by atomic mass is 19.1. The third-order valence-corrected chi connectivity index (χ3v) is 2.40. The van der Waals surface area contributed by atoms with Gasteiger partial charge in [0.05, 0.1) is 18.7 Å². The molecule has 1 rings (SSSR count). The standard InChI is InChI=1S/C13H15FN2O3/c1-3-4-11(15)12(17)16-8-5-6-10(14)9(7-8)13(18)19-2/h3,5-7,11H,1,4,15H2,2H3,(H,16,17). The Morgan fingerprint density at radius 2 is 2.26 bits per heavy atom. The molecule has 0 saturated heterocycles. The number of nitrogens with two attached hydrogens (primary N) is 1. The van der Waals surface area contributed by atoms with Crippen LogP contribution in [0.25, 0.3) is 0 Å². The lowest BCUT2D eigenvalue weighted by atomic mass is 10.1. The van der Waals surface area contributed by atoms with E-state index in [-0.39, 0.29) is 11.3 Å². The second kappa shape index (κ2) is 6.65. The van der Waals surface area contributed by atoms with Crippen molar-refractivity contribution in [1.29, 1.82) is 0 Å². The maximum Gasteiger partial charge on any atom is 0.340 e. The molecule has 1 aromatic carbocycles. The first-order valence-electron chi connectivity index (χ1n) is 5.54. The molecule has 6 heteroatoms. The number of ether oxygens (including phenoxy) is 1. The monoisotopic (exact) mass is 266 g/mol. The molecule has 3 N–H and O–H groups in total. The van der Waals surface area contributed by atoms with Gasteiger partial charge in [-0.1, -0.05) is 6.08 Å². The Morgan fingerprint density at radius 1 is 1.58 bits per heavy atom. The number of carbonyl (C=O) groups is 2. The van der Waals surface area contributed by atoms with E-state index in [9.17, 15) is 14.0 Å². The molecule has 1 unspecified atom stereocenters. The Bertz CT molecular complexity index is 503. The zero-order chi connectivity index (χ0) is 14.4. The first kappa shape index (κ1) is 14.8. The van der Waals surface area contributed by atoms with E-state index in [1.54, 1.807) is 0 Å². The van der Waals surface area contributed by atoms with E-state index in [0.29, 0.717) is 6.42 Å². The van der Waals surface area contributed by atoms with Gasteiger partial charge in [-0.05, 0) is 24.6 Å². The molecule has 0 bridgehead atoms. The Hall–Kier alpha value is -2.21. The molecule has 0 aliphatic heterocycles. The smallest absolute Gasteiger partial charge is 0.340 e. The second-order valence-electron chi connectivity index (χ2n) is 3.81. The largest absolute Gasteiger partial charge is 0.465 e. The number of nitrogens with one attached hydrogen (secondary N) is 1. The fourth-order valence-electron chi connectivity index (χ4n) is 1.39. The number of methoxy groups -OCH3 is 1. The number of carbonyl (C=O) groups excluding carboxylic acids is 2. The number of benzene rings is 1. The van der Waals surface area contributed by atoms with Gasteiger partial charge in [-0.2, -0.15) is 0 Å². The summed E-state index contributed by atoms with van der Waals surface area (Å²) in [4.78, 5) is 22.9. The molecule has 0 radical (unpaired) electrons. The Morgan fingerprint density at radius 3 is 2.84 bits per heavy atom. The van der Waals surface area contributed by atoms with Gasteiger partial charge in [0, 0.05) is 5.69 Å². The van der Waals surface area contributed by atoms with Gasteiger partial charge in [0.1, 0.15) is 5.82 Å². The number of amides is 1. The summed E-state index contributed by atoms with van der Waals surface area (Å²) in [5.74, 6) is -1.98. The van der Waals surface area contributed by atoms with Crippen molar-refractivity contribution in [3.63, 3.8) is 0 Å².